The SMILES string of the molecule is BrC1CC[P+](c2ccccc2)(c2ccccc2)CC1Br.[O-][Cl+3]([O-])([O-])[O-]. The zero-order chi connectivity index (χ0) is 18.5. The van der Waals surface area contributed by atoms with E-state index < -0.39 is 17.5 Å². The van der Waals surface area contributed by atoms with Crippen LogP contribution >= 0.6 is 39.1 Å². The Labute approximate surface area is 167 Å². The molecular formula is C17H18Br2ClO4P. The minimum absolute atomic E-state index is 0.560. The first-order valence-electron chi connectivity index (χ1n) is 7.60. The standard InChI is InChI=1S/C17H18Br2P.ClHO4/c18-16-11-12-20(13-17(16)19,14-7-3-1-4-8-14)15-9-5-2-6-10-15;2-1(3,4)5/h1-10,16-17H,11-13H2;(H,2,3,4,5)/q+1;/p-1. The van der Waals surface area contributed by atoms with Crippen LogP contribution in [0, 0.1) is 10.2 Å². The maximum Gasteiger partial charge on any atom is 0.0992 e. The molecule has 1 aliphatic rings. The first-order chi connectivity index (χ1) is 11.7. The van der Waals surface area contributed by atoms with Crippen LogP contribution in [0.3, 0.4) is 0 Å². The molecule has 2 aromatic rings. The van der Waals surface area contributed by atoms with Crippen LogP contribution in [-0.4, -0.2) is 22.0 Å². The first-order valence-corrected chi connectivity index (χ1v) is 12.8. The zero-order valence-corrected chi connectivity index (χ0v) is 18.1. The lowest BCUT2D eigenvalue weighted by atomic mass is 10.3. The molecule has 2 aromatic carbocycles. The van der Waals surface area contributed by atoms with Gasteiger partial charge in [0.1, 0.15) is 0 Å². The lowest BCUT2D eigenvalue weighted by Crippen LogP contribution is -2.68. The van der Waals surface area contributed by atoms with Crippen molar-refractivity contribution in [3.05, 3.63) is 60.7 Å². The van der Waals surface area contributed by atoms with E-state index in [4.69, 9.17) is 18.6 Å². The number of rotatable bonds is 2. The van der Waals surface area contributed by atoms with Crippen molar-refractivity contribution < 1.29 is 28.9 Å². The number of benzene rings is 2. The second-order valence-electron chi connectivity index (χ2n) is 5.74. The van der Waals surface area contributed by atoms with Crippen LogP contribution < -0.4 is 29.2 Å². The quantitative estimate of drug-likeness (QED) is 0.413. The van der Waals surface area contributed by atoms with Gasteiger partial charge in [-0.05, 0) is 30.7 Å². The number of hydrogen-bond acceptors (Lipinski definition) is 4. The van der Waals surface area contributed by atoms with Gasteiger partial charge in [0.05, 0.1) is 35.0 Å². The van der Waals surface area contributed by atoms with Gasteiger partial charge in [-0.2, -0.15) is 0 Å². The number of halogens is 3. The summed E-state index contributed by atoms with van der Waals surface area (Å²) < 4.78 is 34.0. The largest absolute Gasteiger partial charge is 0.222 e. The summed E-state index contributed by atoms with van der Waals surface area (Å²) in [5.74, 6) is 0. The van der Waals surface area contributed by atoms with Gasteiger partial charge in [-0.3, -0.25) is 0 Å². The van der Waals surface area contributed by atoms with Gasteiger partial charge in [-0.25, -0.2) is 18.6 Å². The highest BCUT2D eigenvalue weighted by Crippen LogP contribution is 2.61. The summed E-state index contributed by atoms with van der Waals surface area (Å²) in [6.45, 7) is 0. The minimum atomic E-state index is -4.94. The van der Waals surface area contributed by atoms with Crippen molar-refractivity contribution in [2.45, 2.75) is 16.1 Å². The lowest BCUT2D eigenvalue weighted by Gasteiger charge is -2.35. The third-order valence-corrected chi connectivity index (χ3v) is 12.0. The van der Waals surface area contributed by atoms with Crippen molar-refractivity contribution in [3.8, 4) is 0 Å². The van der Waals surface area contributed by atoms with Crippen LogP contribution in [-0.2, 0) is 0 Å². The van der Waals surface area contributed by atoms with Gasteiger partial charge in [-0.15, -0.1) is 10.2 Å². The molecule has 0 N–H and O–H groups in total. The monoisotopic (exact) mass is 510 g/mol. The van der Waals surface area contributed by atoms with Gasteiger partial charge < -0.3 is 0 Å². The number of hydrogen-bond donors (Lipinski definition) is 0. The molecule has 2 atom stereocenters. The van der Waals surface area contributed by atoms with Crippen molar-refractivity contribution in [1.29, 1.82) is 0 Å². The molecule has 0 aromatic heterocycles. The van der Waals surface area contributed by atoms with Crippen LogP contribution in [0.25, 0.3) is 0 Å². The second kappa shape index (κ2) is 9.25. The molecule has 25 heavy (non-hydrogen) atoms. The molecule has 0 radical (unpaired) electrons. The van der Waals surface area contributed by atoms with E-state index in [2.05, 4.69) is 92.5 Å². The maximum absolute atomic E-state index is 8.49. The molecule has 136 valence electrons. The third-order valence-electron chi connectivity index (χ3n) is 4.17. The summed E-state index contributed by atoms with van der Waals surface area (Å²) >= 11 is 7.73. The van der Waals surface area contributed by atoms with E-state index in [1.165, 1.54) is 18.7 Å². The highest BCUT2D eigenvalue weighted by molar-refractivity contribution is 9.12. The van der Waals surface area contributed by atoms with Gasteiger partial charge in [0.25, 0.3) is 0 Å². The smallest absolute Gasteiger partial charge is 0.0992 e. The molecule has 0 aliphatic carbocycles. The van der Waals surface area contributed by atoms with Crippen molar-refractivity contribution in [2.75, 3.05) is 12.3 Å². The van der Waals surface area contributed by atoms with Crippen LogP contribution in [0.15, 0.2) is 60.7 Å². The molecule has 0 saturated carbocycles. The number of alkyl halides is 2. The summed E-state index contributed by atoms with van der Waals surface area (Å²) in [6, 6.07) is 22.3. The third kappa shape index (κ3) is 6.26. The normalized spacial score (nSPS) is 22.6. The van der Waals surface area contributed by atoms with Crippen molar-refractivity contribution in [1.82, 2.24) is 0 Å². The van der Waals surface area contributed by atoms with E-state index in [1.807, 2.05) is 0 Å². The minimum Gasteiger partial charge on any atom is -0.222 e. The maximum atomic E-state index is 8.49. The Morgan fingerprint density at radius 1 is 0.760 bits per heavy atom. The van der Waals surface area contributed by atoms with Gasteiger partial charge >= 0.3 is 0 Å². The fourth-order valence-corrected chi connectivity index (χ4v) is 10.4. The summed E-state index contributed by atoms with van der Waals surface area (Å²) in [6.07, 6.45) is 3.80. The van der Waals surface area contributed by atoms with Crippen LogP contribution in [0.1, 0.15) is 6.42 Å². The van der Waals surface area contributed by atoms with Gasteiger partial charge in [0.15, 0.2) is 0 Å². The second-order valence-corrected chi connectivity index (χ2v) is 12.6. The van der Waals surface area contributed by atoms with Crippen LogP contribution in [0.4, 0.5) is 0 Å². The average molecular weight is 513 g/mol. The molecule has 4 nitrogen and oxygen atoms in total. The molecule has 1 saturated heterocycles. The van der Waals surface area contributed by atoms with Crippen LogP contribution in [0.5, 0.6) is 0 Å². The summed E-state index contributed by atoms with van der Waals surface area (Å²) in [7, 11) is -6.21. The summed E-state index contributed by atoms with van der Waals surface area (Å²) in [5.41, 5.74) is 0. The summed E-state index contributed by atoms with van der Waals surface area (Å²) in [5, 5.41) is 3.10. The van der Waals surface area contributed by atoms with E-state index >= 15 is 0 Å². The molecule has 8 heteroatoms. The van der Waals surface area contributed by atoms with E-state index in [0.29, 0.717) is 9.65 Å². The molecule has 1 aliphatic heterocycles. The Morgan fingerprint density at radius 2 is 1.16 bits per heavy atom. The highest BCUT2D eigenvalue weighted by atomic mass is 79.9. The predicted octanol–water partition coefficient (Wildman–Crippen LogP) is -0.170. The van der Waals surface area contributed by atoms with Gasteiger partial charge in [0, 0.05) is 4.83 Å². The topological polar surface area (TPSA) is 92.2 Å². The Kier molecular flexibility index (Phi) is 7.86. The van der Waals surface area contributed by atoms with E-state index in [9.17, 15) is 0 Å². The fraction of sp³-hybridized carbons (Fsp3) is 0.294. The lowest BCUT2D eigenvalue weighted by molar-refractivity contribution is -2.00. The Balaban J connectivity index is 0.000000399. The predicted molar refractivity (Wildman–Crippen MR) is 98.9 cm³/mol. The molecule has 0 spiro atoms. The van der Waals surface area contributed by atoms with E-state index in [0.717, 1.165) is 0 Å². The zero-order valence-electron chi connectivity index (χ0n) is 13.3. The average Bonchev–Trinajstić information content (AvgIpc) is 2.58. The van der Waals surface area contributed by atoms with E-state index in [1.54, 1.807) is 10.6 Å². The molecule has 1 fully saturated rings. The highest BCUT2D eigenvalue weighted by Gasteiger charge is 2.48. The van der Waals surface area contributed by atoms with Crippen molar-refractivity contribution in [2.24, 2.45) is 0 Å². The molecule has 0 amide bonds. The molecule has 1 heterocycles. The fourth-order valence-electron chi connectivity index (χ4n) is 3.07. The van der Waals surface area contributed by atoms with Crippen LogP contribution in [0.2, 0.25) is 0 Å². The Morgan fingerprint density at radius 3 is 1.52 bits per heavy atom. The molecular weight excluding hydrogens is 494 g/mol. The Hall–Kier alpha value is -0.0400. The van der Waals surface area contributed by atoms with Crippen molar-refractivity contribution >= 4 is 49.7 Å². The summed E-state index contributed by atoms with van der Waals surface area (Å²) in [4.78, 5) is 1.16. The molecule has 0 bridgehead atoms. The molecule has 2 unspecified atom stereocenters. The Bertz CT molecular complexity index is 609. The van der Waals surface area contributed by atoms with Gasteiger partial charge in [-0.1, -0.05) is 68.3 Å². The molecule has 3 rings (SSSR count). The van der Waals surface area contributed by atoms with E-state index in [-0.39, 0.29) is 0 Å². The van der Waals surface area contributed by atoms with Gasteiger partial charge in [0.2, 0.25) is 0 Å². The van der Waals surface area contributed by atoms with Crippen molar-refractivity contribution in [3.63, 3.8) is 0 Å². The first kappa shape index (κ1) is 21.3.